The molecule has 0 atom stereocenters. The molecule has 0 bridgehead atoms. The van der Waals surface area contributed by atoms with Crippen molar-refractivity contribution in [3.8, 4) is 0 Å². The average molecular weight is 279 g/mol. The first-order chi connectivity index (χ1) is 8.90. The topological polar surface area (TPSA) is 60.0 Å². The molecule has 0 unspecified atom stereocenters. The summed E-state index contributed by atoms with van der Waals surface area (Å²) in [7, 11) is 3.95. The maximum Gasteiger partial charge on any atom is 0.150 e. The van der Waals surface area contributed by atoms with E-state index in [1.807, 2.05) is 25.7 Å². The van der Waals surface area contributed by atoms with Crippen molar-refractivity contribution in [2.45, 2.75) is 33.2 Å². The van der Waals surface area contributed by atoms with Gasteiger partial charge >= 0.3 is 0 Å². The fourth-order valence-corrected chi connectivity index (χ4v) is 2.83. The molecule has 0 fully saturated rings. The van der Waals surface area contributed by atoms with Crippen molar-refractivity contribution in [2.75, 3.05) is 17.7 Å². The van der Waals surface area contributed by atoms with Gasteiger partial charge in [0.1, 0.15) is 0 Å². The van der Waals surface area contributed by atoms with Gasteiger partial charge in [0, 0.05) is 19.5 Å². The number of rotatable bonds is 4. The molecule has 0 radical (unpaired) electrons. The van der Waals surface area contributed by atoms with Crippen LogP contribution in [-0.4, -0.2) is 21.8 Å². The van der Waals surface area contributed by atoms with E-state index < -0.39 is 0 Å². The Labute approximate surface area is 118 Å². The zero-order chi connectivity index (χ0) is 14.2. The lowest BCUT2D eigenvalue weighted by molar-refractivity contribution is 0.697. The normalized spacial score (nSPS) is 11.3. The summed E-state index contributed by atoms with van der Waals surface area (Å²) < 4.78 is 1.85. The van der Waals surface area contributed by atoms with Crippen LogP contribution in [0.25, 0.3) is 0 Å². The lowest BCUT2D eigenvalue weighted by Gasteiger charge is -2.18. The molecule has 0 saturated carbocycles. The smallest absolute Gasteiger partial charge is 0.150 e. The maximum atomic E-state index is 6.22. The molecule has 5 nitrogen and oxygen atoms in total. The highest BCUT2D eigenvalue weighted by atomic mass is 32.1. The molecular weight excluding hydrogens is 258 g/mol. The Bertz CT molecular complexity index is 570. The van der Waals surface area contributed by atoms with Crippen LogP contribution < -0.4 is 10.6 Å². The van der Waals surface area contributed by atoms with Gasteiger partial charge in [-0.3, -0.25) is 4.68 Å². The second-order valence-electron chi connectivity index (χ2n) is 5.11. The van der Waals surface area contributed by atoms with Crippen molar-refractivity contribution in [3.05, 3.63) is 21.8 Å². The zero-order valence-corrected chi connectivity index (χ0v) is 13.0. The lowest BCUT2D eigenvalue weighted by Crippen LogP contribution is -2.20. The van der Waals surface area contributed by atoms with Crippen molar-refractivity contribution in [1.82, 2.24) is 14.8 Å². The van der Waals surface area contributed by atoms with Crippen LogP contribution in [-0.2, 0) is 13.6 Å². The van der Waals surface area contributed by atoms with E-state index >= 15 is 0 Å². The molecular formula is C13H21N5S. The summed E-state index contributed by atoms with van der Waals surface area (Å²) in [6, 6.07) is 0. The molecule has 0 saturated heterocycles. The van der Waals surface area contributed by atoms with Crippen LogP contribution in [0.1, 0.15) is 36.2 Å². The number of thiazole rings is 1. The number of aryl methyl sites for hydroxylation is 2. The molecule has 6 heteroatoms. The number of anilines is 2. The maximum absolute atomic E-state index is 6.22. The second-order valence-corrected chi connectivity index (χ2v) is 6.18. The first-order valence-corrected chi connectivity index (χ1v) is 7.22. The van der Waals surface area contributed by atoms with Gasteiger partial charge in [0.25, 0.3) is 0 Å². The number of nitrogen functional groups attached to an aromatic ring is 1. The molecule has 0 aliphatic rings. The van der Waals surface area contributed by atoms with Gasteiger partial charge in [0.15, 0.2) is 5.82 Å². The Hall–Kier alpha value is -1.56. The molecule has 2 aromatic rings. The summed E-state index contributed by atoms with van der Waals surface area (Å²) in [5.74, 6) is 1.28. The van der Waals surface area contributed by atoms with E-state index in [2.05, 4.69) is 34.2 Å². The highest BCUT2D eigenvalue weighted by molar-refractivity contribution is 7.09. The van der Waals surface area contributed by atoms with E-state index in [1.165, 1.54) is 0 Å². The SMILES string of the molecule is Cc1nc(CN(C)c2c(N)c(C(C)C)nn2C)cs1. The first kappa shape index (κ1) is 13.9. The minimum atomic E-state index is 0.329. The molecule has 19 heavy (non-hydrogen) atoms. The van der Waals surface area contributed by atoms with E-state index in [9.17, 15) is 0 Å². The third kappa shape index (κ3) is 2.73. The Kier molecular flexibility index (Phi) is 3.80. The molecule has 0 aliphatic heterocycles. The van der Waals surface area contributed by atoms with Crippen molar-refractivity contribution < 1.29 is 0 Å². The third-order valence-electron chi connectivity index (χ3n) is 3.06. The van der Waals surface area contributed by atoms with Gasteiger partial charge in [-0.05, 0) is 12.8 Å². The zero-order valence-electron chi connectivity index (χ0n) is 12.1. The molecule has 2 rings (SSSR count). The molecule has 0 aliphatic carbocycles. The van der Waals surface area contributed by atoms with Gasteiger partial charge in [-0.15, -0.1) is 11.3 Å². The quantitative estimate of drug-likeness (QED) is 0.934. The van der Waals surface area contributed by atoms with Gasteiger partial charge in [-0.25, -0.2) is 4.98 Å². The Morgan fingerprint density at radius 3 is 2.63 bits per heavy atom. The van der Waals surface area contributed by atoms with Gasteiger partial charge in [0.05, 0.1) is 28.6 Å². The minimum absolute atomic E-state index is 0.329. The third-order valence-corrected chi connectivity index (χ3v) is 3.88. The summed E-state index contributed by atoms with van der Waals surface area (Å²) in [5, 5.41) is 7.68. The standard InChI is InChI=1S/C13H21N5S/c1-8(2)12-11(14)13(18(5)16-12)17(4)6-10-7-19-9(3)15-10/h7-8H,6,14H2,1-5H3. The van der Waals surface area contributed by atoms with E-state index in [4.69, 9.17) is 5.73 Å². The van der Waals surface area contributed by atoms with Gasteiger partial charge in [-0.2, -0.15) is 5.10 Å². The summed E-state index contributed by atoms with van der Waals surface area (Å²) in [6.45, 7) is 6.97. The lowest BCUT2D eigenvalue weighted by atomic mass is 10.1. The van der Waals surface area contributed by atoms with Crippen molar-refractivity contribution in [1.29, 1.82) is 0 Å². The average Bonchev–Trinajstić information content (AvgIpc) is 2.83. The summed E-state index contributed by atoms with van der Waals surface area (Å²) in [6.07, 6.45) is 0. The van der Waals surface area contributed by atoms with E-state index in [0.717, 1.165) is 34.4 Å². The predicted molar refractivity (Wildman–Crippen MR) is 80.7 cm³/mol. The molecule has 2 N–H and O–H groups in total. The van der Waals surface area contributed by atoms with Gasteiger partial charge in [0.2, 0.25) is 0 Å². The van der Waals surface area contributed by atoms with Gasteiger partial charge in [-0.1, -0.05) is 13.8 Å². The highest BCUT2D eigenvalue weighted by Crippen LogP contribution is 2.30. The Balaban J connectivity index is 2.26. The summed E-state index contributed by atoms with van der Waals surface area (Å²) in [4.78, 5) is 6.58. The van der Waals surface area contributed by atoms with Crippen LogP contribution in [0.4, 0.5) is 11.5 Å². The van der Waals surface area contributed by atoms with Crippen LogP contribution in [0.5, 0.6) is 0 Å². The van der Waals surface area contributed by atoms with Crippen LogP contribution >= 0.6 is 11.3 Å². The fraction of sp³-hybridized carbons (Fsp3) is 0.538. The Morgan fingerprint density at radius 1 is 1.47 bits per heavy atom. The number of nitrogens with two attached hydrogens (primary N) is 1. The summed E-state index contributed by atoms with van der Waals surface area (Å²) in [5.41, 5.74) is 9.02. The second kappa shape index (κ2) is 5.21. The molecule has 0 aromatic carbocycles. The minimum Gasteiger partial charge on any atom is -0.394 e. The summed E-state index contributed by atoms with van der Waals surface area (Å²) >= 11 is 1.67. The van der Waals surface area contributed by atoms with Crippen molar-refractivity contribution in [3.63, 3.8) is 0 Å². The molecule has 2 heterocycles. The van der Waals surface area contributed by atoms with Crippen molar-refractivity contribution in [2.24, 2.45) is 7.05 Å². The molecule has 104 valence electrons. The van der Waals surface area contributed by atoms with Crippen LogP contribution in [0.15, 0.2) is 5.38 Å². The molecule has 0 spiro atoms. The number of hydrogen-bond acceptors (Lipinski definition) is 5. The number of hydrogen-bond donors (Lipinski definition) is 1. The van der Waals surface area contributed by atoms with Crippen LogP contribution in [0, 0.1) is 6.92 Å². The largest absolute Gasteiger partial charge is 0.394 e. The number of nitrogens with zero attached hydrogens (tertiary/aromatic N) is 4. The predicted octanol–water partition coefficient (Wildman–Crippen LogP) is 2.53. The molecule has 0 amide bonds. The molecule has 2 aromatic heterocycles. The fourth-order valence-electron chi connectivity index (χ4n) is 2.23. The van der Waals surface area contributed by atoms with Crippen LogP contribution in [0.3, 0.4) is 0 Å². The van der Waals surface area contributed by atoms with Gasteiger partial charge < -0.3 is 10.6 Å². The monoisotopic (exact) mass is 279 g/mol. The van der Waals surface area contributed by atoms with Crippen molar-refractivity contribution >= 4 is 22.8 Å². The van der Waals surface area contributed by atoms with E-state index in [0.29, 0.717) is 5.92 Å². The highest BCUT2D eigenvalue weighted by Gasteiger charge is 2.19. The van der Waals surface area contributed by atoms with E-state index in [1.54, 1.807) is 11.3 Å². The van der Waals surface area contributed by atoms with E-state index in [-0.39, 0.29) is 0 Å². The number of aromatic nitrogens is 3. The van der Waals surface area contributed by atoms with Crippen LogP contribution in [0.2, 0.25) is 0 Å². The first-order valence-electron chi connectivity index (χ1n) is 6.34. The Morgan fingerprint density at radius 2 is 2.16 bits per heavy atom.